The second-order valence-corrected chi connectivity index (χ2v) is 5.31. The summed E-state index contributed by atoms with van der Waals surface area (Å²) in [6, 6.07) is 11.9. The first-order valence-electron chi connectivity index (χ1n) is 7.25. The number of rotatable bonds is 5. The molecule has 0 aliphatic heterocycles. The Kier molecular flexibility index (Phi) is 3.87. The molecule has 0 spiro atoms. The van der Waals surface area contributed by atoms with Gasteiger partial charge in [0, 0.05) is 24.7 Å². The molecule has 0 radical (unpaired) electrons. The van der Waals surface area contributed by atoms with Gasteiger partial charge in [0.2, 0.25) is 0 Å². The fourth-order valence-corrected chi connectivity index (χ4v) is 2.52. The number of aromatic nitrogens is 3. The lowest BCUT2D eigenvalue weighted by Crippen LogP contribution is -2.04. The lowest BCUT2D eigenvalue weighted by atomic mass is 10.2. The normalized spacial score (nSPS) is 11.0. The van der Waals surface area contributed by atoms with E-state index >= 15 is 0 Å². The van der Waals surface area contributed by atoms with Crippen LogP contribution in [0.5, 0.6) is 0 Å². The van der Waals surface area contributed by atoms with Gasteiger partial charge in [-0.1, -0.05) is 30.3 Å². The summed E-state index contributed by atoms with van der Waals surface area (Å²) < 4.78 is 2.01. The fraction of sp³-hybridized carbons (Fsp3) is 0.235. The maximum Gasteiger partial charge on any atom is 0.303 e. The number of fused-ring (bicyclic) bond motifs is 1. The number of carboxylic acid groups (broad SMARTS) is 1. The zero-order chi connectivity index (χ0) is 15.5. The van der Waals surface area contributed by atoms with E-state index in [2.05, 4.69) is 4.98 Å². The molecule has 2 aromatic heterocycles. The molecule has 0 aliphatic carbocycles. The highest BCUT2D eigenvalue weighted by atomic mass is 16.4. The summed E-state index contributed by atoms with van der Waals surface area (Å²) in [5.74, 6) is 0.0496. The van der Waals surface area contributed by atoms with Gasteiger partial charge in [-0.05, 0) is 25.0 Å². The smallest absolute Gasteiger partial charge is 0.303 e. The Bertz CT molecular complexity index is 809. The van der Waals surface area contributed by atoms with E-state index in [0.717, 1.165) is 28.1 Å². The van der Waals surface area contributed by atoms with Crippen LogP contribution in [0.2, 0.25) is 0 Å². The van der Waals surface area contributed by atoms with Crippen LogP contribution < -0.4 is 0 Å². The maximum absolute atomic E-state index is 10.8. The number of pyridine rings is 1. The molecular formula is C17H17N3O2. The summed E-state index contributed by atoms with van der Waals surface area (Å²) in [4.78, 5) is 19.9. The number of aryl methyl sites for hydroxylation is 2. The van der Waals surface area contributed by atoms with Gasteiger partial charge in [0.05, 0.1) is 0 Å². The van der Waals surface area contributed by atoms with Crippen molar-refractivity contribution in [3.05, 3.63) is 48.2 Å². The molecule has 0 atom stereocenters. The van der Waals surface area contributed by atoms with Gasteiger partial charge in [-0.15, -0.1) is 0 Å². The van der Waals surface area contributed by atoms with Gasteiger partial charge in [0.15, 0.2) is 5.65 Å². The van der Waals surface area contributed by atoms with Gasteiger partial charge >= 0.3 is 5.97 Å². The minimum atomic E-state index is -0.783. The number of carboxylic acids is 1. The zero-order valence-corrected chi connectivity index (χ0v) is 12.4. The van der Waals surface area contributed by atoms with Crippen LogP contribution >= 0.6 is 0 Å². The first kappa shape index (κ1) is 14.3. The van der Waals surface area contributed by atoms with Crippen molar-refractivity contribution in [1.29, 1.82) is 0 Å². The number of aliphatic carboxylic acids is 1. The van der Waals surface area contributed by atoms with Gasteiger partial charge in [0.1, 0.15) is 11.3 Å². The lowest BCUT2D eigenvalue weighted by Gasteiger charge is -2.08. The molecule has 0 amide bonds. The molecule has 0 bridgehead atoms. The van der Waals surface area contributed by atoms with Gasteiger partial charge in [-0.25, -0.2) is 9.97 Å². The van der Waals surface area contributed by atoms with Crippen LogP contribution in [0.3, 0.4) is 0 Å². The second-order valence-electron chi connectivity index (χ2n) is 5.31. The van der Waals surface area contributed by atoms with Crippen LogP contribution in [0.4, 0.5) is 0 Å². The number of nitrogens with zero attached hydrogens (tertiary/aromatic N) is 3. The van der Waals surface area contributed by atoms with Gasteiger partial charge in [-0.2, -0.15) is 0 Å². The van der Waals surface area contributed by atoms with E-state index in [1.165, 1.54) is 0 Å². The van der Waals surface area contributed by atoms with Crippen molar-refractivity contribution in [2.45, 2.75) is 26.3 Å². The van der Waals surface area contributed by atoms with E-state index in [0.29, 0.717) is 13.0 Å². The van der Waals surface area contributed by atoms with Crippen molar-refractivity contribution >= 4 is 17.1 Å². The molecule has 1 N–H and O–H groups in total. The van der Waals surface area contributed by atoms with Gasteiger partial charge in [-0.3, -0.25) is 4.79 Å². The summed E-state index contributed by atoms with van der Waals surface area (Å²) in [6.07, 6.45) is 2.50. The third-order valence-corrected chi connectivity index (χ3v) is 3.53. The summed E-state index contributed by atoms with van der Waals surface area (Å²) in [5, 5.41) is 8.84. The average Bonchev–Trinajstić information content (AvgIpc) is 2.86. The van der Waals surface area contributed by atoms with Gasteiger partial charge < -0.3 is 9.67 Å². The first-order chi connectivity index (χ1) is 10.6. The number of hydrogen-bond donors (Lipinski definition) is 1. The molecule has 5 nitrogen and oxygen atoms in total. The third-order valence-electron chi connectivity index (χ3n) is 3.53. The highest BCUT2D eigenvalue weighted by Gasteiger charge is 2.13. The van der Waals surface area contributed by atoms with Crippen molar-refractivity contribution in [1.82, 2.24) is 14.5 Å². The maximum atomic E-state index is 10.8. The highest BCUT2D eigenvalue weighted by Crippen LogP contribution is 2.24. The Balaban J connectivity index is 2.07. The molecule has 112 valence electrons. The molecular weight excluding hydrogens is 278 g/mol. The Labute approximate surface area is 128 Å². The molecule has 0 unspecified atom stereocenters. The number of imidazole rings is 1. The Hall–Kier alpha value is -2.69. The van der Waals surface area contributed by atoms with E-state index in [9.17, 15) is 4.79 Å². The monoisotopic (exact) mass is 295 g/mol. The predicted molar refractivity (Wildman–Crippen MR) is 84.6 cm³/mol. The molecule has 5 heteroatoms. The quantitative estimate of drug-likeness (QED) is 0.784. The number of benzene rings is 1. The van der Waals surface area contributed by atoms with Crippen molar-refractivity contribution < 1.29 is 9.90 Å². The topological polar surface area (TPSA) is 68.0 Å². The van der Waals surface area contributed by atoms with Crippen LogP contribution in [0.25, 0.3) is 22.6 Å². The summed E-state index contributed by atoms with van der Waals surface area (Å²) in [5.41, 5.74) is 3.71. The van der Waals surface area contributed by atoms with Crippen molar-refractivity contribution in [3.63, 3.8) is 0 Å². The molecule has 0 saturated carbocycles. The third kappa shape index (κ3) is 2.83. The Morgan fingerprint density at radius 3 is 2.77 bits per heavy atom. The fourth-order valence-electron chi connectivity index (χ4n) is 2.52. The molecule has 0 aliphatic rings. The number of carbonyl (C=O) groups is 1. The SMILES string of the molecule is Cc1cnc2c(c1)nc(-c1ccccc1)n2CCCC(=O)O. The standard InChI is InChI=1S/C17H17N3O2/c1-12-10-14-17(18-11-12)20(9-5-8-15(21)22)16(19-14)13-6-3-2-4-7-13/h2-4,6-7,10-11H,5,8-9H2,1H3,(H,21,22). The summed E-state index contributed by atoms with van der Waals surface area (Å²) >= 11 is 0. The molecule has 3 aromatic rings. The van der Waals surface area contributed by atoms with E-state index in [1.54, 1.807) is 0 Å². The Morgan fingerprint density at radius 2 is 2.05 bits per heavy atom. The second kappa shape index (κ2) is 5.97. The first-order valence-corrected chi connectivity index (χ1v) is 7.25. The average molecular weight is 295 g/mol. The van der Waals surface area contributed by atoms with Crippen molar-refractivity contribution in [2.24, 2.45) is 0 Å². The molecule has 0 fully saturated rings. The largest absolute Gasteiger partial charge is 0.481 e. The molecule has 22 heavy (non-hydrogen) atoms. The Morgan fingerprint density at radius 1 is 1.27 bits per heavy atom. The minimum absolute atomic E-state index is 0.139. The lowest BCUT2D eigenvalue weighted by molar-refractivity contribution is -0.137. The predicted octanol–water partition coefficient (Wildman–Crippen LogP) is 3.27. The molecule has 0 saturated heterocycles. The van der Waals surface area contributed by atoms with Crippen LogP contribution in [-0.2, 0) is 11.3 Å². The van der Waals surface area contributed by atoms with E-state index < -0.39 is 5.97 Å². The van der Waals surface area contributed by atoms with Crippen LogP contribution in [0.15, 0.2) is 42.6 Å². The highest BCUT2D eigenvalue weighted by molar-refractivity contribution is 5.77. The van der Waals surface area contributed by atoms with E-state index in [4.69, 9.17) is 10.1 Å². The van der Waals surface area contributed by atoms with Crippen LogP contribution in [-0.4, -0.2) is 25.6 Å². The van der Waals surface area contributed by atoms with E-state index in [1.807, 2.05) is 54.1 Å². The summed E-state index contributed by atoms with van der Waals surface area (Å²) in [6.45, 7) is 2.57. The van der Waals surface area contributed by atoms with E-state index in [-0.39, 0.29) is 6.42 Å². The molecule has 3 rings (SSSR count). The van der Waals surface area contributed by atoms with Gasteiger partial charge in [0.25, 0.3) is 0 Å². The van der Waals surface area contributed by atoms with Crippen molar-refractivity contribution in [3.8, 4) is 11.4 Å². The molecule has 2 heterocycles. The van der Waals surface area contributed by atoms with Crippen molar-refractivity contribution in [2.75, 3.05) is 0 Å². The van der Waals surface area contributed by atoms with Crippen LogP contribution in [0.1, 0.15) is 18.4 Å². The minimum Gasteiger partial charge on any atom is -0.481 e. The summed E-state index contributed by atoms with van der Waals surface area (Å²) in [7, 11) is 0. The molecule has 1 aromatic carbocycles. The van der Waals surface area contributed by atoms with Crippen LogP contribution in [0, 0.1) is 6.92 Å². The zero-order valence-electron chi connectivity index (χ0n) is 12.4. The number of hydrogen-bond acceptors (Lipinski definition) is 3.